The summed E-state index contributed by atoms with van der Waals surface area (Å²) in [5, 5.41) is 0. The lowest BCUT2D eigenvalue weighted by molar-refractivity contribution is 0.353. The minimum atomic E-state index is 0.829. The molecule has 0 saturated heterocycles. The molecule has 0 fully saturated rings. The normalized spacial score (nSPS) is 16.2. The summed E-state index contributed by atoms with van der Waals surface area (Å²) >= 11 is 0. The van der Waals surface area contributed by atoms with Gasteiger partial charge >= 0.3 is 0 Å². The standard InChI is InChI=1S/C18H34/c1-6-9-10-11-13-18(17(5)8-3)15-14-16(4)12-7-2/h10-11,14,17-18H,6-9,12-13,15H2,1-5H3. The van der Waals surface area contributed by atoms with Gasteiger partial charge in [0.15, 0.2) is 0 Å². The Labute approximate surface area is 116 Å². The quantitative estimate of drug-likeness (QED) is 0.387. The fourth-order valence-electron chi connectivity index (χ4n) is 2.30. The maximum atomic E-state index is 2.48. The van der Waals surface area contributed by atoms with Crippen LogP contribution in [0.25, 0.3) is 0 Å². The van der Waals surface area contributed by atoms with Gasteiger partial charge in [0.1, 0.15) is 0 Å². The van der Waals surface area contributed by atoms with Crippen molar-refractivity contribution in [1.29, 1.82) is 0 Å². The van der Waals surface area contributed by atoms with Crippen LogP contribution in [0.1, 0.15) is 79.6 Å². The molecule has 0 rings (SSSR count). The average molecular weight is 250 g/mol. The Kier molecular flexibility index (Phi) is 11.2. The Morgan fingerprint density at radius 1 is 1.00 bits per heavy atom. The molecule has 0 saturated carbocycles. The highest BCUT2D eigenvalue weighted by molar-refractivity contribution is 4.99. The molecule has 2 atom stereocenters. The molecule has 0 aromatic rings. The number of hydrogen-bond acceptors (Lipinski definition) is 0. The van der Waals surface area contributed by atoms with E-state index in [-0.39, 0.29) is 0 Å². The van der Waals surface area contributed by atoms with Gasteiger partial charge in [0.25, 0.3) is 0 Å². The molecule has 0 spiro atoms. The molecule has 0 heterocycles. The van der Waals surface area contributed by atoms with Gasteiger partial charge < -0.3 is 0 Å². The molecular weight excluding hydrogens is 216 g/mol. The molecule has 0 radical (unpaired) electrons. The van der Waals surface area contributed by atoms with Gasteiger partial charge in [0, 0.05) is 0 Å². The second kappa shape index (κ2) is 11.6. The molecule has 0 aliphatic heterocycles. The molecule has 2 unspecified atom stereocenters. The van der Waals surface area contributed by atoms with Crippen molar-refractivity contribution >= 4 is 0 Å². The van der Waals surface area contributed by atoms with E-state index < -0.39 is 0 Å². The van der Waals surface area contributed by atoms with E-state index in [0.717, 1.165) is 11.8 Å². The van der Waals surface area contributed by atoms with E-state index in [4.69, 9.17) is 0 Å². The third kappa shape index (κ3) is 8.55. The fourth-order valence-corrected chi connectivity index (χ4v) is 2.30. The van der Waals surface area contributed by atoms with Gasteiger partial charge in [-0.05, 0) is 44.4 Å². The van der Waals surface area contributed by atoms with Crippen molar-refractivity contribution in [2.45, 2.75) is 79.6 Å². The second-order valence-corrected chi connectivity index (χ2v) is 5.68. The zero-order valence-electron chi connectivity index (χ0n) is 13.3. The van der Waals surface area contributed by atoms with E-state index in [1.165, 1.54) is 44.9 Å². The molecule has 0 amide bonds. The van der Waals surface area contributed by atoms with Crippen LogP contribution < -0.4 is 0 Å². The third-order valence-electron chi connectivity index (χ3n) is 3.92. The van der Waals surface area contributed by atoms with Crippen LogP contribution in [0.5, 0.6) is 0 Å². The largest absolute Gasteiger partial charge is 0.0885 e. The van der Waals surface area contributed by atoms with Crippen LogP contribution in [-0.2, 0) is 0 Å². The fraction of sp³-hybridized carbons (Fsp3) is 0.778. The van der Waals surface area contributed by atoms with Crippen LogP contribution in [0.4, 0.5) is 0 Å². The van der Waals surface area contributed by atoms with Gasteiger partial charge in [0.2, 0.25) is 0 Å². The molecule has 18 heavy (non-hydrogen) atoms. The summed E-state index contributed by atoms with van der Waals surface area (Å²) in [6.45, 7) is 11.5. The van der Waals surface area contributed by atoms with Crippen LogP contribution in [0, 0.1) is 11.8 Å². The van der Waals surface area contributed by atoms with Gasteiger partial charge in [0.05, 0.1) is 0 Å². The summed E-state index contributed by atoms with van der Waals surface area (Å²) in [4.78, 5) is 0. The highest BCUT2D eigenvalue weighted by atomic mass is 14.2. The maximum absolute atomic E-state index is 2.48. The van der Waals surface area contributed by atoms with Crippen molar-refractivity contribution in [2.75, 3.05) is 0 Å². The van der Waals surface area contributed by atoms with Crippen LogP contribution >= 0.6 is 0 Å². The van der Waals surface area contributed by atoms with Crippen molar-refractivity contribution in [3.8, 4) is 0 Å². The van der Waals surface area contributed by atoms with E-state index in [0.29, 0.717) is 0 Å². The smallest absolute Gasteiger partial charge is 0.0314 e. The Balaban J connectivity index is 4.27. The maximum Gasteiger partial charge on any atom is -0.0314 e. The number of hydrogen-bond donors (Lipinski definition) is 0. The van der Waals surface area contributed by atoms with Crippen LogP contribution in [0.3, 0.4) is 0 Å². The van der Waals surface area contributed by atoms with Gasteiger partial charge in [-0.1, -0.05) is 70.8 Å². The summed E-state index contributed by atoms with van der Waals surface area (Å²) in [5.41, 5.74) is 1.57. The van der Waals surface area contributed by atoms with E-state index in [9.17, 15) is 0 Å². The molecule has 0 nitrogen and oxygen atoms in total. The van der Waals surface area contributed by atoms with Gasteiger partial charge in [-0.15, -0.1) is 0 Å². The molecule has 0 N–H and O–H groups in total. The first kappa shape index (κ1) is 17.5. The minimum absolute atomic E-state index is 0.829. The molecule has 0 aliphatic carbocycles. The first-order valence-electron chi connectivity index (χ1n) is 7.96. The first-order chi connectivity index (χ1) is 8.65. The zero-order chi connectivity index (χ0) is 13.8. The van der Waals surface area contributed by atoms with E-state index in [2.05, 4.69) is 52.8 Å². The predicted octanol–water partition coefficient (Wildman–Crippen LogP) is 6.53. The van der Waals surface area contributed by atoms with E-state index >= 15 is 0 Å². The minimum Gasteiger partial charge on any atom is -0.0885 e. The highest BCUT2D eigenvalue weighted by Gasteiger charge is 2.12. The van der Waals surface area contributed by atoms with Crippen LogP contribution in [0.15, 0.2) is 23.8 Å². The summed E-state index contributed by atoms with van der Waals surface area (Å²) in [6, 6.07) is 0. The molecule has 0 aliphatic rings. The van der Waals surface area contributed by atoms with E-state index in [1.807, 2.05) is 0 Å². The van der Waals surface area contributed by atoms with Gasteiger partial charge in [-0.3, -0.25) is 0 Å². The molecule has 106 valence electrons. The molecule has 0 aromatic carbocycles. The molecular formula is C18H34. The van der Waals surface area contributed by atoms with Crippen molar-refractivity contribution in [1.82, 2.24) is 0 Å². The summed E-state index contributed by atoms with van der Waals surface area (Å²) < 4.78 is 0. The highest BCUT2D eigenvalue weighted by Crippen LogP contribution is 2.24. The lowest BCUT2D eigenvalue weighted by Gasteiger charge is -2.20. The number of unbranched alkanes of at least 4 members (excludes halogenated alkanes) is 1. The van der Waals surface area contributed by atoms with Gasteiger partial charge in [-0.2, -0.15) is 0 Å². The first-order valence-corrected chi connectivity index (χ1v) is 7.96. The lowest BCUT2D eigenvalue weighted by atomic mass is 9.85. The lowest BCUT2D eigenvalue weighted by Crippen LogP contribution is -2.09. The SMILES string of the molecule is CCCC=CCC(CC=C(C)CCC)C(C)CC. The number of allylic oxidation sites excluding steroid dienone is 4. The van der Waals surface area contributed by atoms with Crippen molar-refractivity contribution in [3.05, 3.63) is 23.8 Å². The van der Waals surface area contributed by atoms with Crippen molar-refractivity contribution in [2.24, 2.45) is 11.8 Å². The van der Waals surface area contributed by atoms with Crippen molar-refractivity contribution in [3.63, 3.8) is 0 Å². The molecule has 0 aromatic heterocycles. The number of rotatable bonds is 10. The monoisotopic (exact) mass is 250 g/mol. The second-order valence-electron chi connectivity index (χ2n) is 5.68. The topological polar surface area (TPSA) is 0 Å². The van der Waals surface area contributed by atoms with Crippen molar-refractivity contribution < 1.29 is 0 Å². The Hall–Kier alpha value is -0.520. The summed E-state index contributed by atoms with van der Waals surface area (Å²) in [5.74, 6) is 1.66. The van der Waals surface area contributed by atoms with Gasteiger partial charge in [-0.25, -0.2) is 0 Å². The molecule has 0 heteroatoms. The Morgan fingerprint density at radius 2 is 1.72 bits per heavy atom. The summed E-state index contributed by atoms with van der Waals surface area (Å²) in [6.07, 6.45) is 16.1. The average Bonchev–Trinajstić information content (AvgIpc) is 2.37. The molecule has 0 bridgehead atoms. The zero-order valence-corrected chi connectivity index (χ0v) is 13.3. The van der Waals surface area contributed by atoms with E-state index in [1.54, 1.807) is 5.57 Å². The van der Waals surface area contributed by atoms with Crippen LogP contribution in [-0.4, -0.2) is 0 Å². The predicted molar refractivity (Wildman–Crippen MR) is 84.9 cm³/mol. The third-order valence-corrected chi connectivity index (χ3v) is 3.92. The Bertz CT molecular complexity index is 234. The Morgan fingerprint density at radius 3 is 2.28 bits per heavy atom. The summed E-state index contributed by atoms with van der Waals surface area (Å²) in [7, 11) is 0. The van der Waals surface area contributed by atoms with Crippen LogP contribution in [0.2, 0.25) is 0 Å².